The molecule has 0 aromatic heterocycles. The first-order valence-electron chi connectivity index (χ1n) is 8.93. The summed E-state index contributed by atoms with van der Waals surface area (Å²) in [6, 6.07) is 18.3. The van der Waals surface area contributed by atoms with Crippen molar-refractivity contribution in [1.29, 1.82) is 0 Å². The average molecular weight is 397 g/mol. The summed E-state index contributed by atoms with van der Waals surface area (Å²) in [7, 11) is 0. The van der Waals surface area contributed by atoms with E-state index in [1.165, 1.54) is 18.2 Å². The Morgan fingerprint density at radius 1 is 0.964 bits per heavy atom. The maximum atomic E-state index is 14.7. The predicted molar refractivity (Wildman–Crippen MR) is 103 cm³/mol. The van der Waals surface area contributed by atoms with E-state index in [1.54, 1.807) is 29.3 Å². The van der Waals surface area contributed by atoms with E-state index < -0.39 is 12.0 Å². The van der Waals surface area contributed by atoms with Crippen molar-refractivity contribution in [3.8, 4) is 5.75 Å². The topological polar surface area (TPSA) is 24.8 Å². The molecule has 0 aliphatic carbocycles. The number of para-hydroxylation sites is 1. The molecule has 3 aromatic rings. The van der Waals surface area contributed by atoms with E-state index in [4.69, 9.17) is 21.4 Å². The number of hydrazone groups is 1. The Kier molecular flexibility index (Phi) is 4.05. The fourth-order valence-electron chi connectivity index (χ4n) is 3.79. The molecule has 3 aromatic carbocycles. The zero-order valence-corrected chi connectivity index (χ0v) is 15.4. The highest BCUT2D eigenvalue weighted by Crippen LogP contribution is 2.48. The normalized spacial score (nSPS) is 20.2. The molecule has 0 radical (unpaired) electrons. The number of halogens is 3. The number of rotatable bonds is 2. The molecule has 5 rings (SSSR count). The number of hydrogen-bond donors (Lipinski definition) is 0. The fourth-order valence-corrected chi connectivity index (χ4v) is 4.04. The van der Waals surface area contributed by atoms with Crippen LogP contribution in [-0.2, 0) is 0 Å². The second-order valence-corrected chi connectivity index (χ2v) is 7.20. The molecule has 0 N–H and O–H groups in total. The molecule has 140 valence electrons. The van der Waals surface area contributed by atoms with Crippen molar-refractivity contribution in [2.75, 3.05) is 0 Å². The number of nitrogens with zero attached hydrogens (tertiary/aromatic N) is 2. The van der Waals surface area contributed by atoms with E-state index in [-0.39, 0.29) is 22.4 Å². The Morgan fingerprint density at radius 3 is 2.54 bits per heavy atom. The van der Waals surface area contributed by atoms with Gasteiger partial charge < -0.3 is 4.74 Å². The van der Waals surface area contributed by atoms with Crippen LogP contribution >= 0.6 is 11.6 Å². The number of hydrogen-bond acceptors (Lipinski definition) is 3. The van der Waals surface area contributed by atoms with Crippen LogP contribution in [0.5, 0.6) is 5.75 Å². The molecule has 0 fully saturated rings. The third-order valence-electron chi connectivity index (χ3n) is 5.12. The highest BCUT2D eigenvalue weighted by molar-refractivity contribution is 6.31. The highest BCUT2D eigenvalue weighted by Gasteiger charge is 2.42. The summed E-state index contributed by atoms with van der Waals surface area (Å²) >= 11 is 6.31. The van der Waals surface area contributed by atoms with E-state index in [0.717, 1.165) is 16.8 Å². The third kappa shape index (κ3) is 2.74. The molecular formula is C22H15ClF2N2O. The minimum Gasteiger partial charge on any atom is -0.464 e. The summed E-state index contributed by atoms with van der Waals surface area (Å²) in [6.07, 6.45) is -0.180. The van der Waals surface area contributed by atoms with Gasteiger partial charge in [0.05, 0.1) is 22.3 Å². The van der Waals surface area contributed by atoms with Gasteiger partial charge in [0.25, 0.3) is 0 Å². The molecular weight excluding hydrogens is 382 g/mol. The molecule has 0 saturated carbocycles. The van der Waals surface area contributed by atoms with Gasteiger partial charge >= 0.3 is 0 Å². The molecule has 0 amide bonds. The van der Waals surface area contributed by atoms with Gasteiger partial charge in [-0.3, -0.25) is 0 Å². The average Bonchev–Trinajstić information content (AvgIpc) is 3.14. The molecule has 28 heavy (non-hydrogen) atoms. The Labute approximate surface area is 165 Å². The van der Waals surface area contributed by atoms with E-state index >= 15 is 0 Å². The summed E-state index contributed by atoms with van der Waals surface area (Å²) in [6.45, 7) is 0. The first-order chi connectivity index (χ1) is 13.6. The van der Waals surface area contributed by atoms with Crippen LogP contribution in [0.2, 0.25) is 5.02 Å². The maximum absolute atomic E-state index is 14.7. The summed E-state index contributed by atoms with van der Waals surface area (Å²) in [5, 5.41) is 6.77. The lowest BCUT2D eigenvalue weighted by Gasteiger charge is -2.38. The van der Waals surface area contributed by atoms with Gasteiger partial charge in [0.2, 0.25) is 6.23 Å². The Morgan fingerprint density at radius 2 is 1.75 bits per heavy atom. The molecule has 6 heteroatoms. The first kappa shape index (κ1) is 17.2. The lowest BCUT2D eigenvalue weighted by molar-refractivity contribution is -0.0211. The van der Waals surface area contributed by atoms with Crippen molar-refractivity contribution in [3.63, 3.8) is 0 Å². The molecule has 0 saturated heterocycles. The van der Waals surface area contributed by atoms with Crippen LogP contribution < -0.4 is 4.74 Å². The molecule has 0 bridgehead atoms. The van der Waals surface area contributed by atoms with Gasteiger partial charge in [-0.05, 0) is 35.9 Å². The van der Waals surface area contributed by atoms with Gasteiger partial charge in [-0.1, -0.05) is 48.0 Å². The molecule has 2 aliphatic rings. The van der Waals surface area contributed by atoms with Crippen LogP contribution in [0.15, 0.2) is 71.8 Å². The molecule has 2 heterocycles. The second kappa shape index (κ2) is 6.60. The lowest BCUT2D eigenvalue weighted by atomic mass is 9.96. The SMILES string of the molecule is Fc1ccc(C2=NN3[C@H](C2)c2ccccc2O[C@H]3c2c(F)cccc2Cl)cc1. The smallest absolute Gasteiger partial charge is 0.218 e. The first-order valence-corrected chi connectivity index (χ1v) is 9.31. The Bertz CT molecular complexity index is 1060. The molecule has 2 atom stereocenters. The Balaban J connectivity index is 1.63. The fraction of sp³-hybridized carbons (Fsp3) is 0.136. The van der Waals surface area contributed by atoms with Gasteiger partial charge in [0.15, 0.2) is 0 Å². The number of benzene rings is 3. The highest BCUT2D eigenvalue weighted by atomic mass is 35.5. The van der Waals surface area contributed by atoms with Crippen LogP contribution in [0, 0.1) is 11.6 Å². The van der Waals surface area contributed by atoms with Crippen molar-refractivity contribution in [2.45, 2.75) is 18.7 Å². The summed E-state index contributed by atoms with van der Waals surface area (Å²) in [4.78, 5) is 0. The van der Waals surface area contributed by atoms with Crippen LogP contribution in [0.1, 0.15) is 35.4 Å². The van der Waals surface area contributed by atoms with Gasteiger partial charge in [-0.2, -0.15) is 5.10 Å². The minimum absolute atomic E-state index is 0.120. The van der Waals surface area contributed by atoms with Crippen molar-refractivity contribution in [2.24, 2.45) is 5.10 Å². The number of fused-ring (bicyclic) bond motifs is 3. The third-order valence-corrected chi connectivity index (χ3v) is 5.45. The van der Waals surface area contributed by atoms with Crippen LogP contribution in [0.25, 0.3) is 0 Å². The molecule has 0 unspecified atom stereocenters. The van der Waals surface area contributed by atoms with E-state index in [9.17, 15) is 8.78 Å². The van der Waals surface area contributed by atoms with Gasteiger partial charge in [0, 0.05) is 12.0 Å². The van der Waals surface area contributed by atoms with E-state index in [0.29, 0.717) is 12.2 Å². The molecule has 3 nitrogen and oxygen atoms in total. The van der Waals surface area contributed by atoms with E-state index in [2.05, 4.69) is 0 Å². The monoisotopic (exact) mass is 396 g/mol. The largest absolute Gasteiger partial charge is 0.464 e. The van der Waals surface area contributed by atoms with Gasteiger partial charge in [-0.25, -0.2) is 13.8 Å². The Hall–Kier alpha value is -2.92. The van der Waals surface area contributed by atoms with Crippen molar-refractivity contribution < 1.29 is 13.5 Å². The second-order valence-electron chi connectivity index (χ2n) is 6.80. The van der Waals surface area contributed by atoms with Crippen molar-refractivity contribution in [1.82, 2.24) is 5.01 Å². The van der Waals surface area contributed by atoms with Crippen LogP contribution in [-0.4, -0.2) is 10.7 Å². The zero-order valence-electron chi connectivity index (χ0n) is 14.6. The molecule has 2 aliphatic heterocycles. The standard InChI is InChI=1S/C22H15ClF2N2O/c23-16-5-3-6-17(25)21(16)22-27-19(15-4-1-2-7-20(15)28-22)12-18(26-27)13-8-10-14(24)11-9-13/h1-11,19,22H,12H2/t19-,22+/m1/s1. The number of ether oxygens (including phenoxy) is 1. The van der Waals surface area contributed by atoms with Crippen molar-refractivity contribution in [3.05, 3.63) is 100 Å². The predicted octanol–water partition coefficient (Wildman–Crippen LogP) is 5.86. The summed E-state index contributed by atoms with van der Waals surface area (Å²) < 4.78 is 34.1. The summed E-state index contributed by atoms with van der Waals surface area (Å²) in [5.74, 6) is -0.0607. The van der Waals surface area contributed by atoms with Crippen LogP contribution in [0.4, 0.5) is 8.78 Å². The van der Waals surface area contributed by atoms with Crippen LogP contribution in [0.3, 0.4) is 0 Å². The zero-order chi connectivity index (χ0) is 19.3. The summed E-state index contributed by atoms with van der Waals surface area (Å²) in [5.41, 5.74) is 2.86. The minimum atomic E-state index is -0.786. The molecule has 0 spiro atoms. The lowest BCUT2D eigenvalue weighted by Crippen LogP contribution is -2.34. The van der Waals surface area contributed by atoms with Gasteiger partial charge in [0.1, 0.15) is 17.4 Å². The van der Waals surface area contributed by atoms with E-state index in [1.807, 2.05) is 24.3 Å². The maximum Gasteiger partial charge on any atom is 0.218 e. The van der Waals surface area contributed by atoms with Gasteiger partial charge in [-0.15, -0.1) is 0 Å². The quantitative estimate of drug-likeness (QED) is 0.542. The van der Waals surface area contributed by atoms with Crippen molar-refractivity contribution >= 4 is 17.3 Å².